The van der Waals surface area contributed by atoms with E-state index >= 15 is 0 Å². The van der Waals surface area contributed by atoms with Crippen LogP contribution in [0.25, 0.3) is 0 Å². The Kier molecular flexibility index (Phi) is 5.91. The van der Waals surface area contributed by atoms with Gasteiger partial charge in [-0.1, -0.05) is 24.3 Å². The van der Waals surface area contributed by atoms with Crippen LogP contribution in [0.15, 0.2) is 52.9 Å². The van der Waals surface area contributed by atoms with Crippen LogP contribution in [0.2, 0.25) is 0 Å². The SMILES string of the molecule is CCOC(=O)C1=NN(c2ccccc2)C(C(=O)N(C)C(C)c2cccs2)C1. The first-order valence-corrected chi connectivity index (χ1v) is 9.79. The van der Waals surface area contributed by atoms with Gasteiger partial charge in [-0.3, -0.25) is 9.80 Å². The Morgan fingerprint density at radius 1 is 1.30 bits per heavy atom. The van der Waals surface area contributed by atoms with Crippen LogP contribution < -0.4 is 5.01 Å². The fraction of sp³-hybridized carbons (Fsp3) is 0.350. The van der Waals surface area contributed by atoms with E-state index in [2.05, 4.69) is 5.10 Å². The van der Waals surface area contributed by atoms with Gasteiger partial charge in [-0.25, -0.2) is 4.79 Å². The molecule has 1 amide bonds. The molecular formula is C20H23N3O3S. The summed E-state index contributed by atoms with van der Waals surface area (Å²) in [6.07, 6.45) is 0.230. The molecule has 1 aromatic carbocycles. The molecule has 0 spiro atoms. The number of carbonyl (C=O) groups is 2. The van der Waals surface area contributed by atoms with Crippen molar-refractivity contribution in [3.8, 4) is 0 Å². The molecule has 0 saturated heterocycles. The minimum absolute atomic E-state index is 0.0539. The topological polar surface area (TPSA) is 62.2 Å². The summed E-state index contributed by atoms with van der Waals surface area (Å²) in [5.41, 5.74) is 1.04. The van der Waals surface area contributed by atoms with E-state index in [4.69, 9.17) is 4.74 Å². The summed E-state index contributed by atoms with van der Waals surface area (Å²) >= 11 is 1.62. The summed E-state index contributed by atoms with van der Waals surface area (Å²) in [5.74, 6) is -0.550. The minimum Gasteiger partial charge on any atom is -0.461 e. The van der Waals surface area contributed by atoms with Crippen molar-refractivity contribution < 1.29 is 14.3 Å². The normalized spacial score (nSPS) is 17.4. The number of thiophene rings is 1. The second-order valence-corrected chi connectivity index (χ2v) is 7.29. The zero-order valence-corrected chi connectivity index (χ0v) is 16.5. The lowest BCUT2D eigenvalue weighted by Gasteiger charge is -2.30. The number of amides is 1. The standard InChI is InChI=1S/C20H23N3O3S/c1-4-26-20(25)16-13-17(23(21-16)15-9-6-5-7-10-15)19(24)22(3)14(2)18-11-8-12-27-18/h5-12,14,17H,4,13H2,1-3H3. The molecule has 0 aliphatic carbocycles. The van der Waals surface area contributed by atoms with Crippen LogP contribution in [0, 0.1) is 0 Å². The number of ether oxygens (including phenoxy) is 1. The lowest BCUT2D eigenvalue weighted by molar-refractivity contribution is -0.135. The molecule has 0 saturated carbocycles. The fourth-order valence-corrected chi connectivity index (χ4v) is 3.83. The molecule has 1 aromatic heterocycles. The second kappa shape index (κ2) is 8.35. The largest absolute Gasteiger partial charge is 0.461 e. The van der Waals surface area contributed by atoms with Gasteiger partial charge in [0.15, 0.2) is 0 Å². The summed E-state index contributed by atoms with van der Waals surface area (Å²) < 4.78 is 5.09. The van der Waals surface area contributed by atoms with Crippen LogP contribution in [0.3, 0.4) is 0 Å². The van der Waals surface area contributed by atoms with Crippen molar-refractivity contribution >= 4 is 34.6 Å². The van der Waals surface area contributed by atoms with Gasteiger partial charge in [0, 0.05) is 18.3 Å². The Labute approximate surface area is 163 Å². The predicted molar refractivity (Wildman–Crippen MR) is 107 cm³/mol. The zero-order chi connectivity index (χ0) is 19.4. The molecule has 0 fully saturated rings. The van der Waals surface area contributed by atoms with E-state index in [1.807, 2.05) is 54.8 Å². The van der Waals surface area contributed by atoms with Crippen molar-refractivity contribution in [2.45, 2.75) is 32.4 Å². The van der Waals surface area contributed by atoms with Gasteiger partial charge in [-0.05, 0) is 37.4 Å². The fourth-order valence-electron chi connectivity index (χ4n) is 3.00. The Morgan fingerprint density at radius 2 is 2.04 bits per heavy atom. The van der Waals surface area contributed by atoms with Gasteiger partial charge in [0.25, 0.3) is 0 Å². The van der Waals surface area contributed by atoms with Crippen LogP contribution in [-0.2, 0) is 14.3 Å². The van der Waals surface area contributed by atoms with Crippen molar-refractivity contribution in [3.05, 3.63) is 52.7 Å². The van der Waals surface area contributed by atoms with Crippen LogP contribution in [0.1, 0.15) is 31.2 Å². The van der Waals surface area contributed by atoms with Crippen molar-refractivity contribution in [1.29, 1.82) is 0 Å². The number of nitrogens with zero attached hydrogens (tertiary/aromatic N) is 3. The molecule has 2 unspecified atom stereocenters. The highest BCUT2D eigenvalue weighted by molar-refractivity contribution is 7.10. The first kappa shape index (κ1) is 19.1. The molecule has 1 aliphatic heterocycles. The van der Waals surface area contributed by atoms with Gasteiger partial charge in [-0.2, -0.15) is 5.10 Å². The van der Waals surface area contributed by atoms with Gasteiger partial charge < -0.3 is 9.64 Å². The number of rotatable bonds is 6. The first-order chi connectivity index (χ1) is 13.0. The second-order valence-electron chi connectivity index (χ2n) is 6.31. The predicted octanol–water partition coefficient (Wildman–Crippen LogP) is 3.47. The Morgan fingerprint density at radius 3 is 2.67 bits per heavy atom. The number of carbonyl (C=O) groups excluding carboxylic acids is 2. The third-order valence-corrected chi connectivity index (χ3v) is 5.65. The van der Waals surface area contributed by atoms with Gasteiger partial charge >= 0.3 is 5.97 Å². The van der Waals surface area contributed by atoms with E-state index in [-0.39, 0.29) is 30.7 Å². The lowest BCUT2D eigenvalue weighted by Crippen LogP contribution is -2.44. The molecule has 0 radical (unpaired) electrons. The number of hydrazone groups is 1. The average molecular weight is 385 g/mol. The Hall–Kier alpha value is -2.67. The van der Waals surface area contributed by atoms with E-state index in [9.17, 15) is 9.59 Å². The van der Waals surface area contributed by atoms with Gasteiger partial charge in [0.1, 0.15) is 11.8 Å². The highest BCUT2D eigenvalue weighted by Gasteiger charge is 2.39. The van der Waals surface area contributed by atoms with E-state index in [0.29, 0.717) is 0 Å². The summed E-state index contributed by atoms with van der Waals surface area (Å²) in [7, 11) is 1.79. The summed E-state index contributed by atoms with van der Waals surface area (Å²) in [6, 6.07) is 12.8. The van der Waals surface area contributed by atoms with Crippen LogP contribution in [0.5, 0.6) is 0 Å². The molecule has 6 nitrogen and oxygen atoms in total. The third kappa shape index (κ3) is 4.03. The molecule has 1 aliphatic rings. The minimum atomic E-state index is -0.570. The summed E-state index contributed by atoms with van der Waals surface area (Å²) in [6.45, 7) is 4.03. The number of hydrogen-bond donors (Lipinski definition) is 0. The average Bonchev–Trinajstić information content (AvgIpc) is 3.37. The number of hydrogen-bond acceptors (Lipinski definition) is 6. The smallest absolute Gasteiger partial charge is 0.354 e. The quantitative estimate of drug-likeness (QED) is 0.715. The van der Waals surface area contributed by atoms with Crippen molar-refractivity contribution in [2.75, 3.05) is 18.7 Å². The number of benzene rings is 1. The van der Waals surface area contributed by atoms with Crippen LogP contribution in [0.4, 0.5) is 5.69 Å². The summed E-state index contributed by atoms with van der Waals surface area (Å²) in [4.78, 5) is 28.3. The molecule has 27 heavy (non-hydrogen) atoms. The highest BCUT2D eigenvalue weighted by Crippen LogP contribution is 2.29. The van der Waals surface area contributed by atoms with E-state index in [0.717, 1.165) is 10.6 Å². The van der Waals surface area contributed by atoms with E-state index in [1.165, 1.54) is 0 Å². The van der Waals surface area contributed by atoms with Crippen molar-refractivity contribution in [3.63, 3.8) is 0 Å². The maximum absolute atomic E-state index is 13.3. The Bertz CT molecular complexity index is 820. The van der Waals surface area contributed by atoms with Gasteiger partial charge in [0.05, 0.1) is 18.3 Å². The number of esters is 1. The molecular weight excluding hydrogens is 362 g/mol. The maximum atomic E-state index is 13.3. The molecule has 142 valence electrons. The number of para-hydroxylation sites is 1. The Balaban J connectivity index is 1.85. The monoisotopic (exact) mass is 385 g/mol. The molecule has 2 atom stereocenters. The number of anilines is 1. The van der Waals surface area contributed by atoms with Gasteiger partial charge in [-0.15, -0.1) is 11.3 Å². The molecule has 3 rings (SSSR count). The molecule has 7 heteroatoms. The van der Waals surface area contributed by atoms with Crippen molar-refractivity contribution in [2.24, 2.45) is 5.10 Å². The zero-order valence-electron chi connectivity index (χ0n) is 15.7. The first-order valence-electron chi connectivity index (χ1n) is 8.91. The van der Waals surface area contributed by atoms with Gasteiger partial charge in [0.2, 0.25) is 5.91 Å². The van der Waals surface area contributed by atoms with E-state index < -0.39 is 12.0 Å². The summed E-state index contributed by atoms with van der Waals surface area (Å²) in [5, 5.41) is 8.04. The number of likely N-dealkylation sites (N-methyl/N-ethyl adjacent to an activating group) is 1. The maximum Gasteiger partial charge on any atom is 0.354 e. The lowest BCUT2D eigenvalue weighted by atomic mass is 10.1. The molecule has 0 N–H and O–H groups in total. The van der Waals surface area contributed by atoms with Crippen molar-refractivity contribution in [1.82, 2.24) is 4.90 Å². The molecule has 2 heterocycles. The molecule has 2 aromatic rings. The van der Waals surface area contributed by atoms with Crippen LogP contribution >= 0.6 is 11.3 Å². The molecule has 0 bridgehead atoms. The third-order valence-electron chi connectivity index (χ3n) is 4.61. The van der Waals surface area contributed by atoms with E-state index in [1.54, 1.807) is 35.2 Å². The highest BCUT2D eigenvalue weighted by atomic mass is 32.1. The van der Waals surface area contributed by atoms with Crippen LogP contribution in [-0.4, -0.2) is 42.2 Å².